The zero-order chi connectivity index (χ0) is 24.3. The van der Waals surface area contributed by atoms with Crippen LogP contribution in [0.5, 0.6) is 0 Å². The lowest BCUT2D eigenvalue weighted by atomic mass is 10.1. The lowest BCUT2D eigenvalue weighted by Crippen LogP contribution is -2.45. The van der Waals surface area contributed by atoms with Gasteiger partial charge in [-0.25, -0.2) is 15.0 Å². The molecule has 2 aromatic heterocycles. The summed E-state index contributed by atoms with van der Waals surface area (Å²) in [6.45, 7) is 12.9. The molecule has 2 fully saturated rings. The minimum Gasteiger partial charge on any atom is -0.378 e. The van der Waals surface area contributed by atoms with E-state index in [4.69, 9.17) is 14.7 Å². The number of aromatic nitrogens is 4. The van der Waals surface area contributed by atoms with Gasteiger partial charge in [-0.15, -0.1) is 0 Å². The number of rotatable bonds is 6. The second-order valence-electron chi connectivity index (χ2n) is 9.68. The van der Waals surface area contributed by atoms with E-state index in [9.17, 15) is 0 Å². The molecule has 0 spiro atoms. The van der Waals surface area contributed by atoms with Crippen molar-refractivity contribution in [2.75, 3.05) is 75.4 Å². The second-order valence-corrected chi connectivity index (χ2v) is 9.68. The third-order valence-electron chi connectivity index (χ3n) is 7.51. The first-order valence-corrected chi connectivity index (χ1v) is 13.1. The van der Waals surface area contributed by atoms with Gasteiger partial charge in [0.25, 0.3) is 0 Å². The Hall–Kier alpha value is -3.18. The van der Waals surface area contributed by atoms with Crippen molar-refractivity contribution in [1.29, 1.82) is 0 Å². The highest BCUT2D eigenvalue weighted by molar-refractivity contribution is 5.76. The molecule has 0 atom stereocenters. The van der Waals surface area contributed by atoms with Gasteiger partial charge < -0.3 is 25.6 Å². The Morgan fingerprint density at radius 1 is 0.838 bits per heavy atom. The molecule has 3 N–H and O–H groups in total. The summed E-state index contributed by atoms with van der Waals surface area (Å²) in [6, 6.07) is 9.04. The summed E-state index contributed by atoms with van der Waals surface area (Å²) in [4.78, 5) is 28.2. The molecule has 3 aromatic rings. The molecule has 0 unspecified atom stereocenters. The van der Waals surface area contributed by atoms with Crippen LogP contribution in [0.15, 0.2) is 43.0 Å². The van der Waals surface area contributed by atoms with E-state index in [0.29, 0.717) is 13.2 Å². The average molecular weight is 504 g/mol. The van der Waals surface area contributed by atoms with Crippen LogP contribution in [0, 0.1) is 0 Å². The van der Waals surface area contributed by atoms with E-state index in [-0.39, 0.29) is 6.15 Å². The van der Waals surface area contributed by atoms with Crippen LogP contribution in [0.1, 0.15) is 18.1 Å². The molecular formula is C27H37N9O. The largest absolute Gasteiger partial charge is 0.378 e. The summed E-state index contributed by atoms with van der Waals surface area (Å²) in [7, 11) is 0. The molecule has 3 aliphatic heterocycles. The summed E-state index contributed by atoms with van der Waals surface area (Å²) >= 11 is 0. The van der Waals surface area contributed by atoms with Crippen LogP contribution in [0.4, 0.5) is 17.5 Å². The van der Waals surface area contributed by atoms with E-state index in [1.54, 1.807) is 6.33 Å². The number of nitrogens with zero attached hydrogens (tertiary/aromatic N) is 8. The van der Waals surface area contributed by atoms with Gasteiger partial charge in [0.1, 0.15) is 12.1 Å². The summed E-state index contributed by atoms with van der Waals surface area (Å²) in [5.74, 6) is 1.75. The Kier molecular flexibility index (Phi) is 7.90. The lowest BCUT2D eigenvalue weighted by Gasteiger charge is -2.34. The Labute approximate surface area is 218 Å². The maximum atomic E-state index is 5.56. The lowest BCUT2D eigenvalue weighted by molar-refractivity contribution is 0.122. The molecule has 0 radical (unpaired) electrons. The van der Waals surface area contributed by atoms with Gasteiger partial charge in [0.05, 0.1) is 18.9 Å². The third kappa shape index (κ3) is 5.42. The fourth-order valence-electron chi connectivity index (χ4n) is 5.36. The van der Waals surface area contributed by atoms with Crippen LogP contribution in [0.3, 0.4) is 0 Å². The standard InChI is InChI=1S/C27H34N8O.H3N/c1-2-32-9-11-33(12-10-32)19-21-3-5-23(6-4-21)35-8-7-24-25(22-17-28-20-29-18-22)30-27(31-26(24)35)34-13-15-36-16-14-34;/h3-6,17-18,20H,2,7-16,19H2,1H3;1H3. The van der Waals surface area contributed by atoms with Gasteiger partial charge >= 0.3 is 0 Å². The molecule has 3 aliphatic rings. The summed E-state index contributed by atoms with van der Waals surface area (Å²) in [5, 5.41) is 0. The first kappa shape index (κ1) is 25.5. The van der Waals surface area contributed by atoms with Crippen molar-refractivity contribution in [1.82, 2.24) is 35.9 Å². The molecular weight excluding hydrogens is 466 g/mol. The first-order chi connectivity index (χ1) is 17.8. The van der Waals surface area contributed by atoms with Crippen LogP contribution in [-0.4, -0.2) is 95.3 Å². The predicted molar refractivity (Wildman–Crippen MR) is 146 cm³/mol. The Morgan fingerprint density at radius 3 is 2.24 bits per heavy atom. The maximum Gasteiger partial charge on any atom is 0.228 e. The molecule has 0 amide bonds. The minimum atomic E-state index is 0. The molecule has 10 nitrogen and oxygen atoms in total. The van der Waals surface area contributed by atoms with Crippen molar-refractivity contribution in [3.8, 4) is 11.3 Å². The summed E-state index contributed by atoms with van der Waals surface area (Å²) < 4.78 is 5.56. The number of fused-ring (bicyclic) bond motifs is 1. The topological polar surface area (TPSA) is 109 Å². The molecule has 10 heteroatoms. The highest BCUT2D eigenvalue weighted by Gasteiger charge is 2.29. The first-order valence-electron chi connectivity index (χ1n) is 13.1. The fourth-order valence-corrected chi connectivity index (χ4v) is 5.36. The SMILES string of the molecule is CCN1CCN(Cc2ccc(N3CCc4c(-c5cncnc5)nc(N5CCOCC5)nc43)cc2)CC1.N. The molecule has 2 saturated heterocycles. The molecule has 37 heavy (non-hydrogen) atoms. The van der Waals surface area contributed by atoms with Crippen molar-refractivity contribution in [2.24, 2.45) is 0 Å². The number of hydrogen-bond donors (Lipinski definition) is 1. The zero-order valence-corrected chi connectivity index (χ0v) is 21.7. The van der Waals surface area contributed by atoms with E-state index in [2.05, 4.69) is 60.8 Å². The smallest absolute Gasteiger partial charge is 0.228 e. The molecule has 6 rings (SSSR count). The number of hydrogen-bond acceptors (Lipinski definition) is 10. The van der Waals surface area contributed by atoms with Crippen molar-refractivity contribution in [3.05, 3.63) is 54.1 Å². The maximum absolute atomic E-state index is 5.56. The van der Waals surface area contributed by atoms with Crippen molar-refractivity contribution >= 4 is 17.5 Å². The van der Waals surface area contributed by atoms with E-state index >= 15 is 0 Å². The highest BCUT2D eigenvalue weighted by Crippen LogP contribution is 2.39. The van der Waals surface area contributed by atoms with Gasteiger partial charge in [-0.1, -0.05) is 19.1 Å². The molecule has 196 valence electrons. The number of piperazine rings is 1. The molecule has 0 bridgehead atoms. The number of likely N-dealkylation sites (N-methyl/N-ethyl adjacent to an activating group) is 1. The van der Waals surface area contributed by atoms with Gasteiger partial charge in [-0.2, -0.15) is 4.98 Å². The van der Waals surface area contributed by atoms with E-state index in [0.717, 1.165) is 75.3 Å². The normalized spacial score (nSPS) is 18.5. The number of anilines is 3. The molecule has 0 aliphatic carbocycles. The Balaban J connectivity index is 0.00000280. The zero-order valence-electron chi connectivity index (χ0n) is 21.7. The number of ether oxygens (including phenoxy) is 1. The van der Waals surface area contributed by atoms with Crippen LogP contribution >= 0.6 is 0 Å². The van der Waals surface area contributed by atoms with Gasteiger partial charge in [0.15, 0.2) is 0 Å². The fraction of sp³-hybridized carbons (Fsp3) is 0.481. The monoisotopic (exact) mass is 503 g/mol. The molecule has 1 aromatic carbocycles. The van der Waals surface area contributed by atoms with Crippen LogP contribution in [0.2, 0.25) is 0 Å². The second kappa shape index (κ2) is 11.5. The number of benzene rings is 1. The Morgan fingerprint density at radius 2 is 1.54 bits per heavy atom. The van der Waals surface area contributed by atoms with Crippen LogP contribution in [0.25, 0.3) is 11.3 Å². The average Bonchev–Trinajstić information content (AvgIpc) is 3.38. The summed E-state index contributed by atoms with van der Waals surface area (Å²) in [5.41, 5.74) is 5.58. The van der Waals surface area contributed by atoms with Gasteiger partial charge in [-0.05, 0) is 30.7 Å². The minimum absolute atomic E-state index is 0. The van der Waals surface area contributed by atoms with Gasteiger partial charge in [0.2, 0.25) is 5.95 Å². The summed E-state index contributed by atoms with van der Waals surface area (Å²) in [6.07, 6.45) is 6.14. The van der Waals surface area contributed by atoms with Crippen LogP contribution < -0.4 is 16.0 Å². The number of morpholine rings is 1. The van der Waals surface area contributed by atoms with Crippen molar-refractivity contribution in [3.63, 3.8) is 0 Å². The highest BCUT2D eigenvalue weighted by atomic mass is 16.5. The predicted octanol–water partition coefficient (Wildman–Crippen LogP) is 2.76. The van der Waals surface area contributed by atoms with Crippen LogP contribution in [-0.2, 0) is 17.7 Å². The third-order valence-corrected chi connectivity index (χ3v) is 7.51. The quantitative estimate of drug-likeness (QED) is 0.539. The van der Waals surface area contributed by atoms with Gasteiger partial charge in [-0.3, -0.25) is 4.90 Å². The van der Waals surface area contributed by atoms with Crippen molar-refractivity contribution in [2.45, 2.75) is 19.9 Å². The van der Waals surface area contributed by atoms with E-state index in [1.807, 2.05) is 12.4 Å². The molecule has 0 saturated carbocycles. The van der Waals surface area contributed by atoms with Gasteiger partial charge in [0, 0.05) is 81.6 Å². The van der Waals surface area contributed by atoms with E-state index < -0.39 is 0 Å². The Bertz CT molecular complexity index is 1160. The van der Waals surface area contributed by atoms with E-state index in [1.165, 1.54) is 29.9 Å². The molecule has 5 heterocycles. The van der Waals surface area contributed by atoms with Crippen molar-refractivity contribution < 1.29 is 4.74 Å².